The summed E-state index contributed by atoms with van der Waals surface area (Å²) in [7, 11) is 0. The molecule has 0 saturated carbocycles. The van der Waals surface area contributed by atoms with Crippen LogP contribution in [0.25, 0.3) is 0 Å². The molecule has 0 bridgehead atoms. The number of aliphatic hydroxyl groups excluding tert-OH is 2. The average molecular weight is 790 g/mol. The molecule has 0 radical (unpaired) electrons. The largest absolute Gasteiger partial charge is 0.394 e. The number of hydrogen-bond acceptors (Lipinski definition) is 3. The van der Waals surface area contributed by atoms with Crippen LogP contribution in [0.15, 0.2) is 12.2 Å². The van der Waals surface area contributed by atoms with E-state index in [2.05, 4.69) is 19.2 Å². The van der Waals surface area contributed by atoms with Gasteiger partial charge in [0.1, 0.15) is 0 Å². The Morgan fingerprint density at radius 1 is 0.411 bits per heavy atom. The SMILES string of the molecule is CCCCCCCCCCCCCCCCCCCC/C=C/C(O)C(CO)NC(=O)CCCCCCCCCCCCCCCCCCCCCCCCCC. The predicted molar refractivity (Wildman–Crippen MR) is 249 cm³/mol. The van der Waals surface area contributed by atoms with Gasteiger partial charge in [-0.25, -0.2) is 0 Å². The molecule has 0 aromatic carbocycles. The lowest BCUT2D eigenvalue weighted by atomic mass is 10.0. The third kappa shape index (κ3) is 44.2. The van der Waals surface area contributed by atoms with Crippen molar-refractivity contribution in [1.82, 2.24) is 5.32 Å². The molecule has 0 rings (SSSR count). The minimum Gasteiger partial charge on any atom is -0.394 e. The summed E-state index contributed by atoms with van der Waals surface area (Å²) >= 11 is 0. The molecule has 2 atom stereocenters. The van der Waals surface area contributed by atoms with E-state index < -0.39 is 12.1 Å². The Morgan fingerprint density at radius 3 is 0.929 bits per heavy atom. The molecule has 0 fully saturated rings. The molecule has 3 N–H and O–H groups in total. The van der Waals surface area contributed by atoms with Crippen LogP contribution < -0.4 is 5.32 Å². The van der Waals surface area contributed by atoms with Crippen molar-refractivity contribution in [2.45, 2.75) is 309 Å². The molecular weight excluding hydrogens is 687 g/mol. The van der Waals surface area contributed by atoms with Crippen molar-refractivity contribution in [3.05, 3.63) is 12.2 Å². The van der Waals surface area contributed by atoms with Crippen molar-refractivity contribution in [3.63, 3.8) is 0 Å². The second kappa shape index (κ2) is 48.5. The fourth-order valence-corrected chi connectivity index (χ4v) is 8.30. The first-order chi connectivity index (χ1) is 27.7. The summed E-state index contributed by atoms with van der Waals surface area (Å²) in [6, 6.07) is -0.617. The first kappa shape index (κ1) is 55.1. The summed E-state index contributed by atoms with van der Waals surface area (Å²) in [5, 5.41) is 23.1. The summed E-state index contributed by atoms with van der Waals surface area (Å²) in [5.74, 6) is -0.0567. The molecule has 0 aromatic rings. The van der Waals surface area contributed by atoms with Gasteiger partial charge in [-0.3, -0.25) is 4.79 Å². The van der Waals surface area contributed by atoms with Crippen molar-refractivity contribution >= 4 is 5.91 Å². The maximum atomic E-state index is 12.4. The summed E-state index contributed by atoms with van der Waals surface area (Å²) in [6.45, 7) is 4.35. The van der Waals surface area contributed by atoms with Crippen LogP contribution in [0.5, 0.6) is 0 Å². The smallest absolute Gasteiger partial charge is 0.220 e. The van der Waals surface area contributed by atoms with E-state index in [0.717, 1.165) is 25.7 Å². The van der Waals surface area contributed by atoms with Gasteiger partial charge in [0.15, 0.2) is 0 Å². The molecule has 4 nitrogen and oxygen atoms in total. The summed E-state index contributed by atoms with van der Waals surface area (Å²) in [4.78, 5) is 12.4. The van der Waals surface area contributed by atoms with Gasteiger partial charge < -0.3 is 15.5 Å². The predicted octanol–water partition coefficient (Wildman–Crippen LogP) is 16.6. The zero-order valence-corrected chi connectivity index (χ0v) is 38.4. The second-order valence-electron chi connectivity index (χ2n) is 18.0. The second-order valence-corrected chi connectivity index (χ2v) is 18.0. The van der Waals surface area contributed by atoms with Gasteiger partial charge in [-0.1, -0.05) is 283 Å². The van der Waals surface area contributed by atoms with Crippen molar-refractivity contribution in [3.8, 4) is 0 Å². The molecular formula is C52H103NO3. The molecule has 0 heterocycles. The van der Waals surface area contributed by atoms with Gasteiger partial charge in [0.25, 0.3) is 0 Å². The van der Waals surface area contributed by atoms with E-state index in [1.807, 2.05) is 6.08 Å². The Kier molecular flexibility index (Phi) is 47.7. The highest BCUT2D eigenvalue weighted by molar-refractivity contribution is 5.76. The van der Waals surface area contributed by atoms with Crippen LogP contribution in [0.2, 0.25) is 0 Å². The van der Waals surface area contributed by atoms with Crippen LogP contribution in [-0.4, -0.2) is 34.9 Å². The molecule has 1 amide bonds. The molecule has 0 aliphatic carbocycles. The fourth-order valence-electron chi connectivity index (χ4n) is 8.30. The maximum Gasteiger partial charge on any atom is 0.220 e. The quantitative estimate of drug-likeness (QED) is 0.0425. The van der Waals surface area contributed by atoms with Crippen LogP contribution in [-0.2, 0) is 4.79 Å². The standard InChI is InChI=1S/C52H103NO3/c1-3-5-7-9-11-13-15-17-19-21-23-25-26-27-28-30-32-34-36-38-40-42-44-46-48-52(56)53-50(49-54)51(55)47-45-43-41-39-37-35-33-31-29-24-22-20-18-16-14-12-10-8-6-4-2/h45,47,50-51,54-55H,3-44,46,48-49H2,1-2H3,(H,53,56)/b47-45+. The van der Waals surface area contributed by atoms with Crippen molar-refractivity contribution < 1.29 is 15.0 Å². The van der Waals surface area contributed by atoms with E-state index in [4.69, 9.17) is 0 Å². The Bertz CT molecular complexity index is 769. The number of aliphatic hydroxyl groups is 2. The van der Waals surface area contributed by atoms with Crippen LogP contribution in [0.4, 0.5) is 0 Å². The van der Waals surface area contributed by atoms with Gasteiger partial charge in [0.2, 0.25) is 5.91 Å². The zero-order chi connectivity index (χ0) is 40.7. The molecule has 0 aliphatic rings. The molecule has 56 heavy (non-hydrogen) atoms. The van der Waals surface area contributed by atoms with E-state index >= 15 is 0 Å². The lowest BCUT2D eigenvalue weighted by Gasteiger charge is -2.20. The molecule has 334 valence electrons. The van der Waals surface area contributed by atoms with Crippen LogP contribution in [0.3, 0.4) is 0 Å². The maximum absolute atomic E-state index is 12.4. The minimum absolute atomic E-state index is 0.0567. The molecule has 2 unspecified atom stereocenters. The molecule has 0 aliphatic heterocycles. The lowest BCUT2D eigenvalue weighted by molar-refractivity contribution is -0.123. The number of hydrogen-bond donors (Lipinski definition) is 3. The van der Waals surface area contributed by atoms with E-state index in [0.29, 0.717) is 6.42 Å². The number of allylic oxidation sites excluding steroid dienone is 1. The number of unbranched alkanes of at least 4 members (excludes halogenated alkanes) is 41. The lowest BCUT2D eigenvalue weighted by Crippen LogP contribution is -2.45. The first-order valence-electron chi connectivity index (χ1n) is 25.9. The first-order valence-corrected chi connectivity index (χ1v) is 25.9. The zero-order valence-electron chi connectivity index (χ0n) is 38.4. The van der Waals surface area contributed by atoms with Crippen molar-refractivity contribution in [2.24, 2.45) is 0 Å². The number of rotatable bonds is 48. The average Bonchev–Trinajstić information content (AvgIpc) is 3.20. The van der Waals surface area contributed by atoms with E-state index in [-0.39, 0.29) is 12.5 Å². The summed E-state index contributed by atoms with van der Waals surface area (Å²) in [6.07, 6.45) is 62.1. The monoisotopic (exact) mass is 790 g/mol. The Hall–Kier alpha value is -0.870. The van der Waals surface area contributed by atoms with Crippen molar-refractivity contribution in [2.75, 3.05) is 6.61 Å². The topological polar surface area (TPSA) is 69.6 Å². The molecule has 0 aromatic heterocycles. The van der Waals surface area contributed by atoms with Gasteiger partial charge in [-0.05, 0) is 19.3 Å². The third-order valence-corrected chi connectivity index (χ3v) is 12.3. The molecule has 0 saturated heterocycles. The van der Waals surface area contributed by atoms with Gasteiger partial charge in [-0.15, -0.1) is 0 Å². The van der Waals surface area contributed by atoms with E-state index in [1.165, 1.54) is 250 Å². The van der Waals surface area contributed by atoms with E-state index in [1.54, 1.807) is 6.08 Å². The van der Waals surface area contributed by atoms with Gasteiger partial charge in [0.05, 0.1) is 18.8 Å². The highest BCUT2D eigenvalue weighted by atomic mass is 16.3. The number of carbonyl (C=O) groups is 1. The van der Waals surface area contributed by atoms with Gasteiger partial charge in [-0.2, -0.15) is 0 Å². The number of amides is 1. The van der Waals surface area contributed by atoms with Gasteiger partial charge in [0, 0.05) is 6.42 Å². The highest BCUT2D eigenvalue weighted by Crippen LogP contribution is 2.17. The summed E-state index contributed by atoms with van der Waals surface area (Å²) in [5.41, 5.74) is 0. The number of nitrogens with one attached hydrogen (secondary N) is 1. The van der Waals surface area contributed by atoms with Crippen molar-refractivity contribution in [1.29, 1.82) is 0 Å². The van der Waals surface area contributed by atoms with Gasteiger partial charge >= 0.3 is 0 Å². The molecule has 0 spiro atoms. The Morgan fingerprint density at radius 2 is 0.661 bits per heavy atom. The van der Waals surface area contributed by atoms with Crippen LogP contribution in [0, 0.1) is 0 Å². The Labute approximate surface area is 352 Å². The third-order valence-electron chi connectivity index (χ3n) is 12.3. The Balaban J connectivity index is 3.47. The molecule has 4 heteroatoms. The number of carbonyl (C=O) groups excluding carboxylic acids is 1. The highest BCUT2D eigenvalue weighted by Gasteiger charge is 2.18. The van der Waals surface area contributed by atoms with Crippen LogP contribution >= 0.6 is 0 Å². The van der Waals surface area contributed by atoms with Crippen LogP contribution in [0.1, 0.15) is 296 Å². The van der Waals surface area contributed by atoms with E-state index in [9.17, 15) is 15.0 Å². The normalized spacial score (nSPS) is 12.9. The summed E-state index contributed by atoms with van der Waals surface area (Å²) < 4.78 is 0. The fraction of sp³-hybridized carbons (Fsp3) is 0.942. The minimum atomic E-state index is -0.835.